The van der Waals surface area contributed by atoms with Crippen LogP contribution in [0.15, 0.2) is 0 Å². The summed E-state index contributed by atoms with van der Waals surface area (Å²) in [5.41, 5.74) is -6.20. The Kier molecular flexibility index (Phi) is 7.09. The van der Waals surface area contributed by atoms with Crippen molar-refractivity contribution in [2.75, 3.05) is 14.2 Å². The molecule has 0 N–H and O–H groups in total. The molecule has 0 fully saturated rings. The van der Waals surface area contributed by atoms with Gasteiger partial charge in [-0.3, -0.25) is 0 Å². The number of hydrogen-bond acceptors (Lipinski definition) is 2. The molecule has 0 aromatic rings. The van der Waals surface area contributed by atoms with Crippen molar-refractivity contribution in [3.05, 3.63) is 0 Å². The van der Waals surface area contributed by atoms with Crippen molar-refractivity contribution in [2.45, 2.75) is 61.5 Å². The molecular weight excluding hydrogens is 432 g/mol. The van der Waals surface area contributed by atoms with E-state index in [1.165, 1.54) is 0 Å². The van der Waals surface area contributed by atoms with Crippen molar-refractivity contribution in [3.63, 3.8) is 0 Å². The average Bonchev–Trinajstić information content (AvgIpc) is 2.50. The van der Waals surface area contributed by atoms with E-state index in [0.29, 0.717) is 14.2 Å². The molecule has 0 bridgehead atoms. The van der Waals surface area contributed by atoms with Crippen LogP contribution >= 0.6 is 0 Å². The Balaban J connectivity index is 6.62. The Morgan fingerprint density at radius 1 is 0.630 bits per heavy atom. The minimum Gasteiger partial charge on any atom is -0.394 e. The fourth-order valence-electron chi connectivity index (χ4n) is 2.14. The Hall–Kier alpha value is -0.703. The summed E-state index contributed by atoms with van der Waals surface area (Å²) in [6.45, 7) is 0.153. The van der Waals surface area contributed by atoms with Gasteiger partial charge >= 0.3 is 43.7 Å². The molecule has 0 heterocycles. The van der Waals surface area contributed by atoms with Gasteiger partial charge in [-0.05, 0) is 6.04 Å². The molecule has 0 aromatic heterocycles. The van der Waals surface area contributed by atoms with Gasteiger partial charge < -0.3 is 8.85 Å². The monoisotopic (exact) mass is 448 g/mol. The molecule has 0 atom stereocenters. The molecule has 0 spiro atoms. The van der Waals surface area contributed by atoms with Gasteiger partial charge in [0.2, 0.25) is 0 Å². The summed E-state index contributed by atoms with van der Waals surface area (Å²) in [7, 11) is -5.03. The highest BCUT2D eigenvalue weighted by atomic mass is 28.4. The van der Waals surface area contributed by atoms with Gasteiger partial charge in [0, 0.05) is 21.1 Å². The molecule has 0 saturated carbocycles. The van der Waals surface area contributed by atoms with Crippen LogP contribution in [0.5, 0.6) is 0 Å². The third kappa shape index (κ3) is 3.43. The smallest absolute Gasteiger partial charge is 0.394 e. The molecule has 0 aromatic carbocycles. The summed E-state index contributed by atoms with van der Waals surface area (Å²) < 4.78 is 170. The van der Waals surface area contributed by atoms with Crippen molar-refractivity contribution in [2.24, 2.45) is 0 Å². The fraction of sp³-hybridized carbons (Fsp3) is 1.00. The Morgan fingerprint density at radius 3 is 1.22 bits per heavy atom. The normalized spacial score (nSPS) is 16.0. The predicted molar refractivity (Wildman–Crippen MR) is 70.2 cm³/mol. The first-order chi connectivity index (χ1) is 11.7. The van der Waals surface area contributed by atoms with Crippen molar-refractivity contribution < 1.29 is 61.5 Å². The van der Waals surface area contributed by atoms with Crippen LogP contribution in [0.25, 0.3) is 0 Å². The summed E-state index contributed by atoms with van der Waals surface area (Å²) in [4.78, 5) is 0. The SMILES string of the molecule is CCC[Si](OC)(OC)C(F)(F)C(F)(F)C(F)(F)C(F)(F)C(F)(F)C(C)(F)F. The lowest BCUT2D eigenvalue weighted by Crippen LogP contribution is -2.76. The standard InChI is InChI=1S/C12H16F12O2Si/c1-5-6-27(25-3,26-4)12(23,24)11(21,22)10(19,20)9(17,18)8(15,16)7(2,13)14/h5-6H2,1-4H3. The minimum atomic E-state index is -7.60. The molecule has 2 nitrogen and oxygen atoms in total. The van der Waals surface area contributed by atoms with Gasteiger partial charge in [0.05, 0.1) is 0 Å². The summed E-state index contributed by atoms with van der Waals surface area (Å²) in [5, 5.41) is 0. The summed E-state index contributed by atoms with van der Waals surface area (Å²) in [5.74, 6) is -35.4. The first-order valence-corrected chi connectivity index (χ1v) is 9.08. The molecule has 27 heavy (non-hydrogen) atoms. The topological polar surface area (TPSA) is 18.5 Å². The molecule has 0 aliphatic heterocycles. The lowest BCUT2D eigenvalue weighted by molar-refractivity contribution is -0.417. The van der Waals surface area contributed by atoms with Gasteiger partial charge in [-0.1, -0.05) is 13.3 Å². The molecule has 0 rings (SSSR count). The molecular formula is C12H16F12O2Si. The van der Waals surface area contributed by atoms with E-state index in [1.807, 2.05) is 0 Å². The van der Waals surface area contributed by atoms with Crippen molar-refractivity contribution in [3.8, 4) is 0 Å². The lowest BCUT2D eigenvalue weighted by Gasteiger charge is -2.44. The van der Waals surface area contributed by atoms with Crippen molar-refractivity contribution >= 4 is 8.56 Å². The van der Waals surface area contributed by atoms with Gasteiger partial charge in [-0.2, -0.15) is 52.7 Å². The van der Waals surface area contributed by atoms with Crippen LogP contribution in [0.1, 0.15) is 20.3 Å². The first-order valence-electron chi connectivity index (χ1n) is 7.05. The highest BCUT2D eigenvalue weighted by Crippen LogP contribution is 2.61. The lowest BCUT2D eigenvalue weighted by atomic mass is 9.95. The van der Waals surface area contributed by atoms with Crippen LogP contribution in [0.4, 0.5) is 52.7 Å². The highest BCUT2D eigenvalue weighted by molar-refractivity contribution is 6.70. The molecule has 0 radical (unpaired) electrons. The highest BCUT2D eigenvalue weighted by Gasteiger charge is 2.92. The van der Waals surface area contributed by atoms with Crippen LogP contribution in [-0.2, 0) is 8.85 Å². The Morgan fingerprint density at radius 2 is 0.963 bits per heavy atom. The second-order valence-corrected chi connectivity index (χ2v) is 9.12. The maximum atomic E-state index is 14.2. The van der Waals surface area contributed by atoms with Gasteiger partial charge in [0.1, 0.15) is 0 Å². The quantitative estimate of drug-likeness (QED) is 0.325. The number of rotatable bonds is 10. The Bertz CT molecular complexity index is 513. The second-order valence-electron chi connectivity index (χ2n) is 5.67. The molecule has 0 saturated heterocycles. The Labute approximate surface area is 147 Å². The van der Waals surface area contributed by atoms with E-state index in [-0.39, 0.29) is 0 Å². The van der Waals surface area contributed by atoms with Gasteiger partial charge in [-0.25, -0.2) is 0 Å². The zero-order chi connectivity index (χ0) is 22.3. The van der Waals surface area contributed by atoms with E-state index in [9.17, 15) is 52.7 Å². The zero-order valence-corrected chi connectivity index (χ0v) is 15.3. The molecule has 0 unspecified atom stereocenters. The number of halogens is 12. The predicted octanol–water partition coefficient (Wildman–Crippen LogP) is 5.50. The van der Waals surface area contributed by atoms with Crippen molar-refractivity contribution in [1.29, 1.82) is 0 Å². The average molecular weight is 448 g/mol. The maximum Gasteiger partial charge on any atom is 0.421 e. The van der Waals surface area contributed by atoms with E-state index in [0.717, 1.165) is 6.92 Å². The van der Waals surface area contributed by atoms with Crippen LogP contribution in [0.2, 0.25) is 6.04 Å². The third-order valence-electron chi connectivity index (χ3n) is 3.85. The molecule has 0 aliphatic carbocycles. The van der Waals surface area contributed by atoms with Crippen LogP contribution in [-0.4, -0.2) is 57.9 Å². The van der Waals surface area contributed by atoms with E-state index in [1.54, 1.807) is 0 Å². The zero-order valence-electron chi connectivity index (χ0n) is 14.3. The van der Waals surface area contributed by atoms with Crippen molar-refractivity contribution in [1.82, 2.24) is 0 Å². The van der Waals surface area contributed by atoms with Gasteiger partial charge in [0.25, 0.3) is 0 Å². The number of alkyl halides is 12. The summed E-state index contributed by atoms with van der Waals surface area (Å²) in [6, 6.07) is -1.12. The van der Waals surface area contributed by atoms with E-state index < -0.39 is 63.1 Å². The molecule has 0 amide bonds. The van der Waals surface area contributed by atoms with E-state index >= 15 is 0 Å². The van der Waals surface area contributed by atoms with Gasteiger partial charge in [0.15, 0.2) is 0 Å². The number of hydrogen-bond donors (Lipinski definition) is 0. The summed E-state index contributed by atoms with van der Waals surface area (Å²) >= 11 is 0. The molecule has 0 aliphatic rings. The second kappa shape index (κ2) is 7.28. The van der Waals surface area contributed by atoms with E-state index in [2.05, 4.69) is 8.85 Å². The largest absolute Gasteiger partial charge is 0.421 e. The fourth-order valence-corrected chi connectivity index (χ4v) is 4.83. The molecule has 15 heteroatoms. The molecule has 164 valence electrons. The maximum absolute atomic E-state index is 14.2. The van der Waals surface area contributed by atoms with E-state index in [4.69, 9.17) is 0 Å². The third-order valence-corrected chi connectivity index (χ3v) is 7.59. The van der Waals surface area contributed by atoms with Gasteiger partial charge in [-0.15, -0.1) is 0 Å². The first kappa shape index (κ1) is 26.3. The summed E-state index contributed by atoms with van der Waals surface area (Å²) in [6.07, 6.45) is -0.426. The minimum absolute atomic E-state index is 0.348. The van der Waals surface area contributed by atoms with Crippen LogP contribution in [0, 0.1) is 0 Å². The van der Waals surface area contributed by atoms with Crippen LogP contribution in [0.3, 0.4) is 0 Å². The van der Waals surface area contributed by atoms with Crippen LogP contribution < -0.4 is 0 Å².